The SMILES string of the molecule is CSCOCC(C)(C)CNC(=O)C(F)(F)F. The predicted molar refractivity (Wildman–Crippen MR) is 57.2 cm³/mol. The molecule has 0 radical (unpaired) electrons. The molecule has 0 saturated heterocycles. The van der Waals surface area contributed by atoms with Gasteiger partial charge in [0.25, 0.3) is 0 Å². The Morgan fingerprint density at radius 3 is 2.38 bits per heavy atom. The number of thioether (sulfide) groups is 1. The van der Waals surface area contributed by atoms with Crippen LogP contribution in [-0.2, 0) is 9.53 Å². The van der Waals surface area contributed by atoms with Crippen molar-refractivity contribution in [3.63, 3.8) is 0 Å². The maximum Gasteiger partial charge on any atom is 0.471 e. The van der Waals surface area contributed by atoms with Crippen LogP contribution in [0.25, 0.3) is 0 Å². The van der Waals surface area contributed by atoms with Crippen molar-refractivity contribution in [3.8, 4) is 0 Å². The highest BCUT2D eigenvalue weighted by atomic mass is 32.2. The molecular weight excluding hydrogens is 243 g/mol. The van der Waals surface area contributed by atoms with Gasteiger partial charge in [0.15, 0.2) is 0 Å². The lowest BCUT2D eigenvalue weighted by molar-refractivity contribution is -0.174. The molecule has 0 rings (SSSR count). The highest BCUT2D eigenvalue weighted by molar-refractivity contribution is 7.98. The lowest BCUT2D eigenvalue weighted by atomic mass is 9.95. The van der Waals surface area contributed by atoms with Crippen LogP contribution in [0.15, 0.2) is 0 Å². The number of hydrogen-bond acceptors (Lipinski definition) is 3. The number of halogens is 3. The average molecular weight is 259 g/mol. The third kappa shape index (κ3) is 6.95. The fourth-order valence-electron chi connectivity index (χ4n) is 0.872. The van der Waals surface area contributed by atoms with E-state index in [0.29, 0.717) is 12.5 Å². The fraction of sp³-hybridized carbons (Fsp3) is 0.889. The molecular formula is C9H16F3NO2S. The molecule has 0 atom stereocenters. The van der Waals surface area contributed by atoms with Gasteiger partial charge in [-0.15, -0.1) is 11.8 Å². The van der Waals surface area contributed by atoms with Gasteiger partial charge in [-0.2, -0.15) is 13.2 Å². The van der Waals surface area contributed by atoms with Crippen molar-refractivity contribution in [2.75, 3.05) is 25.3 Å². The minimum Gasteiger partial charge on any atom is -0.370 e. The fourth-order valence-corrected chi connectivity index (χ4v) is 1.12. The van der Waals surface area contributed by atoms with Crippen LogP contribution in [0.2, 0.25) is 0 Å². The Bertz CT molecular complexity index is 231. The molecule has 1 N–H and O–H groups in total. The van der Waals surface area contributed by atoms with Crippen LogP contribution in [0.1, 0.15) is 13.8 Å². The Morgan fingerprint density at radius 1 is 1.38 bits per heavy atom. The summed E-state index contributed by atoms with van der Waals surface area (Å²) in [4.78, 5) is 10.6. The summed E-state index contributed by atoms with van der Waals surface area (Å²) in [6.45, 7) is 3.68. The number of nitrogens with one attached hydrogen (secondary N) is 1. The minimum atomic E-state index is -4.82. The number of rotatable bonds is 6. The molecule has 0 aromatic carbocycles. The smallest absolute Gasteiger partial charge is 0.370 e. The first-order valence-corrected chi connectivity index (χ1v) is 6.00. The largest absolute Gasteiger partial charge is 0.471 e. The molecule has 0 saturated carbocycles. The Balaban J connectivity index is 3.94. The van der Waals surface area contributed by atoms with E-state index in [-0.39, 0.29) is 6.54 Å². The maximum atomic E-state index is 11.9. The van der Waals surface area contributed by atoms with E-state index in [4.69, 9.17) is 4.74 Å². The number of carbonyl (C=O) groups is 1. The highest BCUT2D eigenvalue weighted by Gasteiger charge is 2.39. The van der Waals surface area contributed by atoms with Crippen LogP contribution in [-0.4, -0.2) is 37.4 Å². The summed E-state index contributed by atoms with van der Waals surface area (Å²) >= 11 is 1.48. The number of ether oxygens (including phenoxy) is 1. The zero-order chi connectivity index (χ0) is 12.8. The molecule has 0 heterocycles. The van der Waals surface area contributed by atoms with Gasteiger partial charge in [0.2, 0.25) is 0 Å². The maximum absolute atomic E-state index is 11.9. The van der Waals surface area contributed by atoms with Crippen molar-refractivity contribution >= 4 is 17.7 Å². The van der Waals surface area contributed by atoms with Crippen molar-refractivity contribution < 1.29 is 22.7 Å². The molecule has 0 aliphatic rings. The van der Waals surface area contributed by atoms with E-state index >= 15 is 0 Å². The third-order valence-corrected chi connectivity index (χ3v) is 2.08. The summed E-state index contributed by atoms with van der Waals surface area (Å²) in [7, 11) is 0. The Kier molecular flexibility index (Phi) is 6.17. The Hall–Kier alpha value is -0.430. The monoisotopic (exact) mass is 259 g/mol. The third-order valence-electron chi connectivity index (χ3n) is 1.68. The van der Waals surface area contributed by atoms with Gasteiger partial charge in [-0.3, -0.25) is 4.79 Å². The van der Waals surface area contributed by atoms with Crippen molar-refractivity contribution in [2.45, 2.75) is 20.0 Å². The van der Waals surface area contributed by atoms with E-state index in [1.54, 1.807) is 13.8 Å². The lowest BCUT2D eigenvalue weighted by Crippen LogP contribution is -2.43. The van der Waals surface area contributed by atoms with Crippen molar-refractivity contribution in [1.82, 2.24) is 5.32 Å². The number of carbonyl (C=O) groups excluding carboxylic acids is 1. The van der Waals surface area contributed by atoms with Gasteiger partial charge in [-0.1, -0.05) is 13.8 Å². The molecule has 1 amide bonds. The highest BCUT2D eigenvalue weighted by Crippen LogP contribution is 2.18. The normalized spacial score (nSPS) is 12.6. The van der Waals surface area contributed by atoms with E-state index in [0.717, 1.165) is 0 Å². The molecule has 0 aliphatic carbocycles. The lowest BCUT2D eigenvalue weighted by Gasteiger charge is -2.24. The van der Waals surface area contributed by atoms with Crippen LogP contribution >= 0.6 is 11.8 Å². The summed E-state index contributed by atoms with van der Waals surface area (Å²) in [5.74, 6) is -1.43. The van der Waals surface area contributed by atoms with Crippen LogP contribution in [0.4, 0.5) is 13.2 Å². The molecule has 0 unspecified atom stereocenters. The molecule has 0 aromatic heterocycles. The summed E-state index contributed by atoms with van der Waals surface area (Å²) in [5, 5.41) is 1.84. The van der Waals surface area contributed by atoms with Crippen molar-refractivity contribution in [2.24, 2.45) is 5.41 Å². The van der Waals surface area contributed by atoms with E-state index in [2.05, 4.69) is 0 Å². The van der Waals surface area contributed by atoms with Gasteiger partial charge in [-0.25, -0.2) is 0 Å². The minimum absolute atomic E-state index is 0.0697. The Morgan fingerprint density at radius 2 is 1.94 bits per heavy atom. The second-order valence-corrected chi connectivity index (χ2v) is 4.91. The van der Waals surface area contributed by atoms with E-state index in [1.165, 1.54) is 11.8 Å². The molecule has 3 nitrogen and oxygen atoms in total. The average Bonchev–Trinajstić information content (AvgIpc) is 2.13. The molecule has 0 bridgehead atoms. The predicted octanol–water partition coefficient (Wildman–Crippen LogP) is 2.03. The standard InChI is InChI=1S/C9H16F3NO2S/c1-8(2,5-15-6-16-3)4-13-7(14)9(10,11)12/h4-6H2,1-3H3,(H,13,14). The number of alkyl halides is 3. The first kappa shape index (κ1) is 15.6. The molecule has 0 spiro atoms. The first-order chi connectivity index (χ1) is 7.19. The van der Waals surface area contributed by atoms with Gasteiger partial charge in [0.05, 0.1) is 12.5 Å². The van der Waals surface area contributed by atoms with Crippen molar-refractivity contribution in [1.29, 1.82) is 0 Å². The molecule has 0 aliphatic heterocycles. The van der Waals surface area contributed by atoms with Gasteiger partial charge >= 0.3 is 12.1 Å². The number of hydrogen-bond donors (Lipinski definition) is 1. The van der Waals surface area contributed by atoms with Gasteiger partial charge in [0.1, 0.15) is 0 Å². The topological polar surface area (TPSA) is 38.3 Å². The molecule has 96 valence electrons. The second kappa shape index (κ2) is 6.34. The summed E-state index contributed by atoms with van der Waals surface area (Å²) in [6, 6.07) is 0. The summed E-state index contributed by atoms with van der Waals surface area (Å²) < 4.78 is 40.8. The van der Waals surface area contributed by atoms with E-state index < -0.39 is 17.5 Å². The zero-order valence-electron chi connectivity index (χ0n) is 9.48. The first-order valence-electron chi connectivity index (χ1n) is 4.61. The van der Waals surface area contributed by atoms with Gasteiger partial charge < -0.3 is 10.1 Å². The molecule has 7 heteroatoms. The van der Waals surface area contributed by atoms with E-state index in [9.17, 15) is 18.0 Å². The van der Waals surface area contributed by atoms with Gasteiger partial charge in [-0.05, 0) is 6.26 Å². The van der Waals surface area contributed by atoms with Crippen LogP contribution in [0.5, 0.6) is 0 Å². The quantitative estimate of drug-likeness (QED) is 0.586. The van der Waals surface area contributed by atoms with Gasteiger partial charge in [0, 0.05) is 12.0 Å². The number of amides is 1. The van der Waals surface area contributed by atoms with Crippen molar-refractivity contribution in [3.05, 3.63) is 0 Å². The van der Waals surface area contributed by atoms with E-state index in [1.807, 2.05) is 11.6 Å². The molecule has 0 fully saturated rings. The zero-order valence-corrected chi connectivity index (χ0v) is 10.3. The summed E-state index contributed by atoms with van der Waals surface area (Å²) in [5.41, 5.74) is -0.517. The van der Waals surface area contributed by atoms with Crippen LogP contribution < -0.4 is 5.32 Å². The van der Waals surface area contributed by atoms with Crippen LogP contribution in [0.3, 0.4) is 0 Å². The molecule has 16 heavy (non-hydrogen) atoms. The Labute approximate surface area is 97.1 Å². The second-order valence-electron chi connectivity index (χ2n) is 4.10. The molecule has 0 aromatic rings. The summed E-state index contributed by atoms with van der Waals surface area (Å²) in [6.07, 6.45) is -2.96. The van der Waals surface area contributed by atoms with Crippen LogP contribution in [0, 0.1) is 5.41 Å².